The summed E-state index contributed by atoms with van der Waals surface area (Å²) in [6, 6.07) is 12.4. The first-order chi connectivity index (χ1) is 11.0. The van der Waals surface area contributed by atoms with Gasteiger partial charge in [-0.15, -0.1) is 0 Å². The summed E-state index contributed by atoms with van der Waals surface area (Å²) in [4.78, 5) is 17.8. The highest BCUT2D eigenvalue weighted by atomic mass is 32.1. The number of nitrogen functional groups attached to an aromatic ring is 1. The van der Waals surface area contributed by atoms with Crippen LogP contribution in [-0.4, -0.2) is 21.0 Å². The molecule has 0 saturated heterocycles. The summed E-state index contributed by atoms with van der Waals surface area (Å²) in [5.74, 6) is -0.640. The van der Waals surface area contributed by atoms with Crippen molar-refractivity contribution in [2.75, 3.05) is 11.1 Å². The Hall–Kier alpha value is -2.93. The molecular weight excluding hydrogens is 312 g/mol. The van der Waals surface area contributed by atoms with E-state index < -0.39 is 5.97 Å². The Labute approximate surface area is 137 Å². The second-order valence-electron chi connectivity index (χ2n) is 5.04. The normalized spacial score (nSPS) is 10.6. The van der Waals surface area contributed by atoms with E-state index in [4.69, 9.17) is 23.1 Å². The van der Waals surface area contributed by atoms with E-state index in [9.17, 15) is 4.79 Å². The van der Waals surface area contributed by atoms with Crippen LogP contribution in [0.25, 0.3) is 10.9 Å². The predicted octanol–water partition coefficient (Wildman–Crippen LogP) is 3.18. The monoisotopic (exact) mass is 326 g/mol. The van der Waals surface area contributed by atoms with Crippen molar-refractivity contribution in [3.8, 4) is 0 Å². The lowest BCUT2D eigenvalue weighted by molar-refractivity contribution is 0.0697. The lowest BCUT2D eigenvalue weighted by Gasteiger charge is -2.08. The standard InChI is InChI=1S/C16H14N4O2S/c17-16-19-13-6-1-9(7-12(13)14(23)20-16)8-18-11-4-2-10(3-5-11)15(21)22/h1-7,18H,8H2,(H,21,22)(H3,17,19,20,23). The van der Waals surface area contributed by atoms with E-state index in [2.05, 4.69) is 15.3 Å². The van der Waals surface area contributed by atoms with Gasteiger partial charge in [0.15, 0.2) is 5.95 Å². The van der Waals surface area contributed by atoms with Gasteiger partial charge in [-0.05, 0) is 42.0 Å². The number of fused-ring (bicyclic) bond motifs is 1. The quantitative estimate of drug-likeness (QED) is 0.549. The van der Waals surface area contributed by atoms with Crippen LogP contribution in [0.4, 0.5) is 11.6 Å². The Morgan fingerprint density at radius 3 is 2.70 bits per heavy atom. The van der Waals surface area contributed by atoms with Crippen LogP contribution >= 0.6 is 12.2 Å². The van der Waals surface area contributed by atoms with Gasteiger partial charge in [0.1, 0.15) is 4.64 Å². The van der Waals surface area contributed by atoms with Crippen molar-refractivity contribution < 1.29 is 9.90 Å². The molecule has 23 heavy (non-hydrogen) atoms. The number of H-pyrrole nitrogens is 1. The molecule has 0 radical (unpaired) electrons. The van der Waals surface area contributed by atoms with E-state index in [0.29, 0.717) is 17.1 Å². The van der Waals surface area contributed by atoms with Gasteiger partial charge in [-0.2, -0.15) is 0 Å². The summed E-state index contributed by atoms with van der Waals surface area (Å²) >= 11 is 5.23. The SMILES string of the molecule is Nc1nc(=S)c2cc(CNc3ccc(C(=O)O)cc3)ccc2[nH]1. The number of nitrogens with one attached hydrogen (secondary N) is 2. The Kier molecular flexibility index (Phi) is 3.94. The van der Waals surface area contributed by atoms with Crippen LogP contribution in [0, 0.1) is 4.64 Å². The fraction of sp³-hybridized carbons (Fsp3) is 0.0625. The minimum atomic E-state index is -0.938. The van der Waals surface area contributed by atoms with E-state index in [-0.39, 0.29) is 5.56 Å². The molecule has 0 spiro atoms. The molecule has 0 fully saturated rings. The molecule has 0 aliphatic rings. The van der Waals surface area contributed by atoms with E-state index >= 15 is 0 Å². The largest absolute Gasteiger partial charge is 0.478 e. The Bertz CT molecular complexity index is 935. The van der Waals surface area contributed by atoms with E-state index in [0.717, 1.165) is 22.2 Å². The zero-order chi connectivity index (χ0) is 16.4. The summed E-state index contributed by atoms with van der Waals surface area (Å²) in [5.41, 5.74) is 8.62. The van der Waals surface area contributed by atoms with Crippen molar-refractivity contribution in [2.24, 2.45) is 0 Å². The number of aromatic nitrogens is 2. The molecule has 0 unspecified atom stereocenters. The summed E-state index contributed by atoms with van der Waals surface area (Å²) in [7, 11) is 0. The highest BCUT2D eigenvalue weighted by molar-refractivity contribution is 7.71. The number of carboxylic acids is 1. The molecule has 116 valence electrons. The van der Waals surface area contributed by atoms with Crippen LogP contribution in [0.2, 0.25) is 0 Å². The minimum absolute atomic E-state index is 0.260. The van der Waals surface area contributed by atoms with Gasteiger partial charge in [-0.25, -0.2) is 9.78 Å². The highest BCUT2D eigenvalue weighted by Gasteiger charge is 2.03. The molecule has 0 bridgehead atoms. The maximum atomic E-state index is 10.8. The van der Waals surface area contributed by atoms with Gasteiger partial charge >= 0.3 is 5.97 Å². The summed E-state index contributed by atoms with van der Waals surface area (Å²) < 4.78 is 0.462. The number of carbonyl (C=O) groups is 1. The van der Waals surface area contributed by atoms with E-state index in [1.165, 1.54) is 0 Å². The van der Waals surface area contributed by atoms with Crippen molar-refractivity contribution in [1.82, 2.24) is 9.97 Å². The fourth-order valence-electron chi connectivity index (χ4n) is 2.26. The van der Waals surface area contributed by atoms with Crippen molar-refractivity contribution in [3.63, 3.8) is 0 Å². The van der Waals surface area contributed by atoms with Crippen LogP contribution in [-0.2, 0) is 6.54 Å². The number of hydrogen-bond donors (Lipinski definition) is 4. The van der Waals surface area contributed by atoms with Crippen molar-refractivity contribution >= 4 is 40.7 Å². The second kappa shape index (κ2) is 6.05. The molecule has 1 aromatic heterocycles. The number of nitrogens with two attached hydrogens (primary N) is 1. The first kappa shape index (κ1) is 15.0. The third-order valence-electron chi connectivity index (χ3n) is 3.43. The molecule has 3 rings (SSSR count). The Balaban J connectivity index is 1.79. The molecular formula is C16H14N4O2S. The number of hydrogen-bond acceptors (Lipinski definition) is 5. The summed E-state index contributed by atoms with van der Waals surface area (Å²) in [6.07, 6.45) is 0. The maximum Gasteiger partial charge on any atom is 0.335 e. The average molecular weight is 326 g/mol. The molecule has 0 atom stereocenters. The van der Waals surface area contributed by atoms with Crippen LogP contribution in [0.1, 0.15) is 15.9 Å². The molecule has 1 heterocycles. The van der Waals surface area contributed by atoms with Gasteiger partial charge in [-0.3, -0.25) is 0 Å². The molecule has 7 heteroatoms. The summed E-state index contributed by atoms with van der Waals surface area (Å²) in [5, 5.41) is 13.0. The van der Waals surface area contributed by atoms with Gasteiger partial charge in [0.2, 0.25) is 0 Å². The van der Waals surface area contributed by atoms with E-state index in [1.54, 1.807) is 24.3 Å². The first-order valence-electron chi connectivity index (χ1n) is 6.88. The molecule has 5 N–H and O–H groups in total. The van der Waals surface area contributed by atoms with E-state index in [1.807, 2.05) is 18.2 Å². The van der Waals surface area contributed by atoms with Crippen LogP contribution in [0.3, 0.4) is 0 Å². The van der Waals surface area contributed by atoms with Crippen molar-refractivity contribution in [1.29, 1.82) is 0 Å². The molecule has 0 aliphatic heterocycles. The van der Waals surface area contributed by atoms with Gasteiger partial charge in [0.05, 0.1) is 11.1 Å². The summed E-state index contributed by atoms with van der Waals surface area (Å²) in [6.45, 7) is 0.585. The first-order valence-corrected chi connectivity index (χ1v) is 7.29. The molecule has 6 nitrogen and oxygen atoms in total. The van der Waals surface area contributed by atoms with Crippen LogP contribution in [0.5, 0.6) is 0 Å². The highest BCUT2D eigenvalue weighted by Crippen LogP contribution is 2.17. The van der Waals surface area contributed by atoms with Crippen molar-refractivity contribution in [2.45, 2.75) is 6.54 Å². The number of anilines is 2. The van der Waals surface area contributed by atoms with Gasteiger partial charge in [0, 0.05) is 17.6 Å². The predicted molar refractivity (Wildman–Crippen MR) is 92.1 cm³/mol. The molecule has 2 aromatic carbocycles. The maximum absolute atomic E-state index is 10.8. The Morgan fingerprint density at radius 1 is 1.26 bits per heavy atom. The molecule has 0 saturated carbocycles. The zero-order valence-corrected chi connectivity index (χ0v) is 12.9. The average Bonchev–Trinajstić information content (AvgIpc) is 2.53. The zero-order valence-electron chi connectivity index (χ0n) is 12.0. The molecule has 0 amide bonds. The number of aromatic carboxylic acids is 1. The molecule has 0 aliphatic carbocycles. The third kappa shape index (κ3) is 3.29. The third-order valence-corrected chi connectivity index (χ3v) is 3.74. The van der Waals surface area contributed by atoms with Crippen molar-refractivity contribution in [3.05, 3.63) is 58.2 Å². The number of nitrogens with zero attached hydrogens (tertiary/aromatic N) is 1. The minimum Gasteiger partial charge on any atom is -0.478 e. The number of carboxylic acid groups (broad SMARTS) is 1. The van der Waals surface area contributed by atoms with Gasteiger partial charge < -0.3 is 21.1 Å². The number of benzene rings is 2. The lowest BCUT2D eigenvalue weighted by Crippen LogP contribution is -2.01. The topological polar surface area (TPSA) is 104 Å². The fourth-order valence-corrected chi connectivity index (χ4v) is 2.52. The van der Waals surface area contributed by atoms with Gasteiger partial charge in [-0.1, -0.05) is 18.3 Å². The van der Waals surface area contributed by atoms with Gasteiger partial charge in [0.25, 0.3) is 0 Å². The Morgan fingerprint density at radius 2 is 2.00 bits per heavy atom. The second-order valence-corrected chi connectivity index (χ2v) is 5.43. The van der Waals surface area contributed by atoms with Crippen LogP contribution < -0.4 is 11.1 Å². The number of rotatable bonds is 4. The molecule has 3 aromatic rings. The van der Waals surface area contributed by atoms with Crippen LogP contribution in [0.15, 0.2) is 42.5 Å². The lowest BCUT2D eigenvalue weighted by atomic mass is 10.1. The smallest absolute Gasteiger partial charge is 0.335 e. The number of aromatic amines is 1.